The minimum absolute atomic E-state index is 0.184. The number of amides is 3. The predicted octanol–water partition coefficient (Wildman–Crippen LogP) is 5.15. The van der Waals surface area contributed by atoms with E-state index < -0.39 is 0 Å². The second-order valence-corrected chi connectivity index (χ2v) is 8.84. The Labute approximate surface area is 201 Å². The molecule has 0 atom stereocenters. The predicted molar refractivity (Wildman–Crippen MR) is 139 cm³/mol. The van der Waals surface area contributed by atoms with Gasteiger partial charge < -0.3 is 20.4 Å². The zero-order valence-electron chi connectivity index (χ0n) is 20.1. The lowest BCUT2D eigenvalue weighted by atomic mass is 10.1. The molecule has 4 rings (SSSR count). The fourth-order valence-electron chi connectivity index (χ4n) is 4.22. The van der Waals surface area contributed by atoms with Gasteiger partial charge in [0.2, 0.25) is 5.91 Å². The molecule has 6 heteroatoms. The van der Waals surface area contributed by atoms with Crippen molar-refractivity contribution in [1.82, 2.24) is 4.90 Å². The molecule has 3 aromatic carbocycles. The third-order valence-corrected chi connectivity index (χ3v) is 6.58. The number of hydrogen-bond acceptors (Lipinski definition) is 3. The lowest BCUT2D eigenvalue weighted by molar-refractivity contribution is -0.130. The van der Waals surface area contributed by atoms with Crippen LogP contribution in [-0.4, -0.2) is 43.0 Å². The molecule has 1 saturated heterocycles. The van der Waals surface area contributed by atoms with Gasteiger partial charge in [-0.15, -0.1) is 0 Å². The number of nitrogens with zero attached hydrogens (tertiary/aromatic N) is 2. The van der Waals surface area contributed by atoms with Crippen LogP contribution in [0.5, 0.6) is 0 Å². The van der Waals surface area contributed by atoms with Crippen molar-refractivity contribution >= 4 is 29.0 Å². The van der Waals surface area contributed by atoms with Crippen molar-refractivity contribution in [2.24, 2.45) is 0 Å². The molecule has 0 aliphatic carbocycles. The van der Waals surface area contributed by atoms with Crippen LogP contribution in [0.15, 0.2) is 66.7 Å². The minimum atomic E-state index is -0.262. The number of nitrogens with one attached hydrogen (secondary N) is 2. The van der Waals surface area contributed by atoms with Gasteiger partial charge in [-0.05, 0) is 73.4 Å². The lowest BCUT2D eigenvalue weighted by Crippen LogP contribution is -2.49. The van der Waals surface area contributed by atoms with Gasteiger partial charge in [0, 0.05) is 43.2 Å². The molecular weight excluding hydrogens is 424 g/mol. The van der Waals surface area contributed by atoms with E-state index in [4.69, 9.17) is 0 Å². The first-order valence-electron chi connectivity index (χ1n) is 11.7. The van der Waals surface area contributed by atoms with Crippen molar-refractivity contribution < 1.29 is 9.59 Å². The molecule has 0 saturated carbocycles. The average molecular weight is 457 g/mol. The van der Waals surface area contributed by atoms with E-state index in [-0.39, 0.29) is 11.9 Å². The second kappa shape index (κ2) is 10.4. The molecule has 3 aromatic rings. The summed E-state index contributed by atoms with van der Waals surface area (Å²) in [5.41, 5.74) is 7.09. The van der Waals surface area contributed by atoms with E-state index in [0.717, 1.165) is 52.4 Å². The lowest BCUT2D eigenvalue weighted by Gasteiger charge is -2.36. The van der Waals surface area contributed by atoms with Crippen molar-refractivity contribution in [2.45, 2.75) is 27.2 Å². The molecule has 1 heterocycles. The van der Waals surface area contributed by atoms with Gasteiger partial charge in [0.25, 0.3) is 0 Å². The van der Waals surface area contributed by atoms with Crippen LogP contribution in [-0.2, 0) is 11.2 Å². The van der Waals surface area contributed by atoms with Gasteiger partial charge in [-0.25, -0.2) is 4.79 Å². The highest BCUT2D eigenvalue weighted by Crippen LogP contribution is 2.21. The van der Waals surface area contributed by atoms with E-state index in [9.17, 15) is 9.59 Å². The number of carbonyl (C=O) groups excluding carboxylic acids is 2. The van der Waals surface area contributed by atoms with Crippen molar-refractivity contribution in [3.63, 3.8) is 0 Å². The van der Waals surface area contributed by atoms with E-state index in [0.29, 0.717) is 19.5 Å². The summed E-state index contributed by atoms with van der Waals surface area (Å²) in [5.74, 6) is 0.184. The van der Waals surface area contributed by atoms with Crippen molar-refractivity contribution in [2.75, 3.05) is 41.7 Å². The van der Waals surface area contributed by atoms with E-state index in [1.165, 1.54) is 0 Å². The number of carbonyl (C=O) groups is 2. The monoisotopic (exact) mass is 456 g/mol. The van der Waals surface area contributed by atoms with Gasteiger partial charge >= 0.3 is 6.03 Å². The summed E-state index contributed by atoms with van der Waals surface area (Å²) in [6.07, 6.45) is 0.456. The summed E-state index contributed by atoms with van der Waals surface area (Å²) >= 11 is 0. The Bertz CT molecular complexity index is 1170. The van der Waals surface area contributed by atoms with Gasteiger partial charge in [-0.1, -0.05) is 36.4 Å². The minimum Gasteiger partial charge on any atom is -0.368 e. The van der Waals surface area contributed by atoms with Crippen molar-refractivity contribution in [3.05, 3.63) is 89.0 Å². The maximum atomic E-state index is 12.7. The molecule has 0 spiro atoms. The molecule has 0 unspecified atom stereocenters. The fraction of sp³-hybridized carbons (Fsp3) is 0.286. The van der Waals surface area contributed by atoms with Crippen molar-refractivity contribution in [1.29, 1.82) is 0 Å². The maximum Gasteiger partial charge on any atom is 0.323 e. The SMILES string of the molecule is Cc1ccccc1CC(=O)N1CCN(c2ccc(NC(=O)Nc3cccc(C)c3C)cc2)CC1. The van der Waals surface area contributed by atoms with Crippen LogP contribution in [0.4, 0.5) is 21.9 Å². The molecule has 1 fully saturated rings. The molecule has 2 N–H and O–H groups in total. The summed E-state index contributed by atoms with van der Waals surface area (Å²) in [7, 11) is 0. The molecule has 34 heavy (non-hydrogen) atoms. The quantitative estimate of drug-likeness (QED) is 0.558. The summed E-state index contributed by atoms with van der Waals surface area (Å²) < 4.78 is 0. The highest BCUT2D eigenvalue weighted by molar-refractivity contribution is 6.00. The van der Waals surface area contributed by atoms with Gasteiger partial charge in [0.1, 0.15) is 0 Å². The molecule has 0 aromatic heterocycles. The highest BCUT2D eigenvalue weighted by Gasteiger charge is 2.21. The zero-order chi connectivity index (χ0) is 24.1. The van der Waals surface area contributed by atoms with Crippen LogP contribution < -0.4 is 15.5 Å². The summed E-state index contributed by atoms with van der Waals surface area (Å²) in [5, 5.41) is 5.81. The number of anilines is 3. The molecule has 1 aliphatic rings. The van der Waals surface area contributed by atoms with Crippen LogP contribution in [0.25, 0.3) is 0 Å². The van der Waals surface area contributed by atoms with Gasteiger partial charge in [0.05, 0.1) is 6.42 Å². The van der Waals surface area contributed by atoms with Crippen LogP contribution >= 0.6 is 0 Å². The van der Waals surface area contributed by atoms with E-state index in [1.54, 1.807) is 0 Å². The van der Waals surface area contributed by atoms with E-state index >= 15 is 0 Å². The van der Waals surface area contributed by atoms with Gasteiger partial charge in [-0.2, -0.15) is 0 Å². The zero-order valence-corrected chi connectivity index (χ0v) is 20.1. The Morgan fingerprint density at radius 2 is 1.44 bits per heavy atom. The first-order valence-corrected chi connectivity index (χ1v) is 11.7. The third kappa shape index (κ3) is 5.57. The summed E-state index contributed by atoms with van der Waals surface area (Å²) in [4.78, 5) is 29.4. The Morgan fingerprint density at radius 3 is 2.15 bits per heavy atom. The van der Waals surface area contributed by atoms with Gasteiger partial charge in [0.15, 0.2) is 0 Å². The second-order valence-electron chi connectivity index (χ2n) is 8.84. The smallest absolute Gasteiger partial charge is 0.323 e. The number of urea groups is 1. The Hall–Kier alpha value is -3.80. The summed E-state index contributed by atoms with van der Waals surface area (Å²) in [6, 6.07) is 21.5. The van der Waals surface area contributed by atoms with E-state index in [2.05, 4.69) is 15.5 Å². The molecular formula is C28H32N4O2. The normalized spacial score (nSPS) is 13.5. The number of benzene rings is 3. The standard InChI is InChI=1S/C28H32N4O2/c1-20-8-6-10-26(22(20)3)30-28(34)29-24-11-13-25(14-12-24)31-15-17-32(18-16-31)27(33)19-23-9-5-4-7-21(23)2/h4-14H,15-19H2,1-3H3,(H2,29,30,34). The Balaban J connectivity index is 1.28. The largest absolute Gasteiger partial charge is 0.368 e. The van der Waals surface area contributed by atoms with Crippen molar-refractivity contribution in [3.8, 4) is 0 Å². The molecule has 6 nitrogen and oxygen atoms in total. The van der Waals surface area contributed by atoms with E-state index in [1.807, 2.05) is 92.4 Å². The number of rotatable bonds is 5. The van der Waals surface area contributed by atoms with Crippen LogP contribution in [0, 0.1) is 20.8 Å². The topological polar surface area (TPSA) is 64.7 Å². The first-order chi connectivity index (χ1) is 16.4. The maximum absolute atomic E-state index is 12.7. The fourth-order valence-corrected chi connectivity index (χ4v) is 4.22. The van der Waals surface area contributed by atoms with Crippen LogP contribution in [0.3, 0.4) is 0 Å². The third-order valence-electron chi connectivity index (χ3n) is 6.58. The summed E-state index contributed by atoms with van der Waals surface area (Å²) in [6.45, 7) is 9.07. The molecule has 0 bridgehead atoms. The molecule has 176 valence electrons. The Morgan fingerprint density at radius 1 is 0.765 bits per heavy atom. The molecule has 3 amide bonds. The number of piperazine rings is 1. The average Bonchev–Trinajstić information content (AvgIpc) is 2.84. The highest BCUT2D eigenvalue weighted by atomic mass is 16.2. The molecule has 0 radical (unpaired) electrons. The first kappa shape index (κ1) is 23.4. The van der Waals surface area contributed by atoms with Crippen LogP contribution in [0.2, 0.25) is 0 Å². The Kier molecular flexibility index (Phi) is 7.16. The number of hydrogen-bond donors (Lipinski definition) is 2. The van der Waals surface area contributed by atoms with Crippen LogP contribution in [0.1, 0.15) is 22.3 Å². The van der Waals surface area contributed by atoms with Gasteiger partial charge in [-0.3, -0.25) is 4.79 Å². The molecule has 1 aliphatic heterocycles. The number of aryl methyl sites for hydroxylation is 2.